The van der Waals surface area contributed by atoms with Gasteiger partial charge in [0.15, 0.2) is 5.65 Å². The Hall–Kier alpha value is -2.36. The number of nitrogens with zero attached hydrogens (tertiary/aromatic N) is 3. The van der Waals surface area contributed by atoms with Gasteiger partial charge in [0.05, 0.1) is 5.69 Å². The van der Waals surface area contributed by atoms with Gasteiger partial charge in [-0.1, -0.05) is 6.07 Å². The minimum Gasteiger partial charge on any atom is -0.399 e. The lowest BCUT2D eigenvalue weighted by molar-refractivity contribution is 1.05. The van der Waals surface area contributed by atoms with E-state index in [2.05, 4.69) is 9.97 Å². The number of pyridine rings is 1. The van der Waals surface area contributed by atoms with Crippen LogP contribution in [-0.4, -0.2) is 14.5 Å². The molecule has 84 valence electrons. The SMILES string of the molecule is Cc1ccc(N)cc1-n1cnc2cccnc21. The fraction of sp³-hybridized carbons (Fsp3) is 0.0769. The van der Waals surface area contributed by atoms with Crippen LogP contribution in [0.5, 0.6) is 0 Å². The third kappa shape index (κ3) is 1.54. The summed E-state index contributed by atoms with van der Waals surface area (Å²) in [5, 5.41) is 0. The number of fused-ring (bicyclic) bond motifs is 1. The summed E-state index contributed by atoms with van der Waals surface area (Å²) in [5.74, 6) is 0. The number of hydrogen-bond acceptors (Lipinski definition) is 3. The molecule has 4 nitrogen and oxygen atoms in total. The van der Waals surface area contributed by atoms with Gasteiger partial charge in [-0.2, -0.15) is 0 Å². The molecule has 2 heterocycles. The molecule has 0 saturated carbocycles. The summed E-state index contributed by atoms with van der Waals surface area (Å²) >= 11 is 0. The molecule has 0 radical (unpaired) electrons. The van der Waals surface area contributed by atoms with Crippen molar-refractivity contribution in [3.8, 4) is 5.69 Å². The third-order valence-electron chi connectivity index (χ3n) is 2.80. The van der Waals surface area contributed by atoms with Gasteiger partial charge in [-0.25, -0.2) is 9.97 Å². The fourth-order valence-electron chi connectivity index (χ4n) is 1.91. The zero-order valence-electron chi connectivity index (χ0n) is 9.46. The summed E-state index contributed by atoms with van der Waals surface area (Å²) < 4.78 is 1.96. The maximum Gasteiger partial charge on any atom is 0.164 e. The molecule has 2 aromatic heterocycles. The van der Waals surface area contributed by atoms with E-state index >= 15 is 0 Å². The number of benzene rings is 1. The summed E-state index contributed by atoms with van der Waals surface area (Å²) in [7, 11) is 0. The average Bonchev–Trinajstić information content (AvgIpc) is 2.76. The Bertz CT molecular complexity index is 685. The van der Waals surface area contributed by atoms with Crippen molar-refractivity contribution in [3.63, 3.8) is 0 Å². The van der Waals surface area contributed by atoms with E-state index in [1.165, 1.54) is 0 Å². The molecule has 0 fully saturated rings. The molecule has 0 aliphatic heterocycles. The number of aryl methyl sites for hydroxylation is 1. The van der Waals surface area contributed by atoms with E-state index in [0.717, 1.165) is 28.1 Å². The van der Waals surface area contributed by atoms with E-state index in [-0.39, 0.29) is 0 Å². The van der Waals surface area contributed by atoms with Crippen LogP contribution in [-0.2, 0) is 0 Å². The van der Waals surface area contributed by atoms with Crippen LogP contribution in [0.25, 0.3) is 16.9 Å². The Kier molecular flexibility index (Phi) is 2.08. The zero-order valence-corrected chi connectivity index (χ0v) is 9.46. The van der Waals surface area contributed by atoms with Crippen LogP contribution < -0.4 is 5.73 Å². The highest BCUT2D eigenvalue weighted by Crippen LogP contribution is 2.21. The molecule has 2 N–H and O–H groups in total. The first-order valence-corrected chi connectivity index (χ1v) is 5.40. The minimum absolute atomic E-state index is 0.739. The van der Waals surface area contributed by atoms with E-state index in [1.807, 2.05) is 41.8 Å². The topological polar surface area (TPSA) is 56.7 Å². The largest absolute Gasteiger partial charge is 0.399 e. The highest BCUT2D eigenvalue weighted by atomic mass is 15.1. The van der Waals surface area contributed by atoms with E-state index in [0.29, 0.717) is 0 Å². The number of hydrogen-bond donors (Lipinski definition) is 1. The lowest BCUT2D eigenvalue weighted by Gasteiger charge is -2.08. The van der Waals surface area contributed by atoms with Gasteiger partial charge in [-0.15, -0.1) is 0 Å². The number of nitrogens with two attached hydrogens (primary N) is 1. The van der Waals surface area contributed by atoms with Crippen molar-refractivity contribution in [1.29, 1.82) is 0 Å². The first kappa shape index (κ1) is 9.84. The normalized spacial score (nSPS) is 10.9. The van der Waals surface area contributed by atoms with Gasteiger partial charge in [0, 0.05) is 11.9 Å². The maximum atomic E-state index is 5.82. The second-order valence-electron chi connectivity index (χ2n) is 4.01. The average molecular weight is 224 g/mol. The van der Waals surface area contributed by atoms with Crippen molar-refractivity contribution < 1.29 is 0 Å². The lowest BCUT2D eigenvalue weighted by atomic mass is 10.2. The standard InChI is InChI=1S/C13H12N4/c1-9-4-5-10(14)7-12(9)17-8-16-11-3-2-6-15-13(11)17/h2-8H,14H2,1H3. The van der Waals surface area contributed by atoms with Crippen LogP contribution in [0.15, 0.2) is 42.9 Å². The molecule has 0 aliphatic carbocycles. The highest BCUT2D eigenvalue weighted by Gasteiger charge is 2.07. The predicted octanol–water partition coefficient (Wildman–Crippen LogP) is 2.31. The molecule has 0 bridgehead atoms. The molecule has 3 aromatic rings. The third-order valence-corrected chi connectivity index (χ3v) is 2.80. The summed E-state index contributed by atoms with van der Waals surface area (Å²) in [6, 6.07) is 9.66. The van der Waals surface area contributed by atoms with Crippen LogP contribution in [0.3, 0.4) is 0 Å². The first-order chi connectivity index (χ1) is 8.25. The molecule has 4 heteroatoms. The summed E-state index contributed by atoms with van der Waals surface area (Å²) in [5.41, 5.74) is 10.5. The minimum atomic E-state index is 0.739. The number of anilines is 1. The number of aromatic nitrogens is 3. The van der Waals surface area contributed by atoms with E-state index < -0.39 is 0 Å². The molecule has 0 aliphatic rings. The smallest absolute Gasteiger partial charge is 0.164 e. The van der Waals surface area contributed by atoms with Crippen molar-refractivity contribution in [1.82, 2.24) is 14.5 Å². The van der Waals surface area contributed by atoms with Crippen LogP contribution in [0.1, 0.15) is 5.56 Å². The fourth-order valence-corrected chi connectivity index (χ4v) is 1.91. The molecule has 0 unspecified atom stereocenters. The molecule has 0 spiro atoms. The molecule has 0 atom stereocenters. The Balaban J connectivity index is 2.31. The Morgan fingerprint density at radius 3 is 2.94 bits per heavy atom. The van der Waals surface area contributed by atoms with Crippen LogP contribution in [0, 0.1) is 6.92 Å². The van der Waals surface area contributed by atoms with Gasteiger partial charge in [-0.05, 0) is 36.8 Å². The van der Waals surface area contributed by atoms with Crippen molar-refractivity contribution in [2.45, 2.75) is 6.92 Å². The predicted molar refractivity (Wildman–Crippen MR) is 68.0 cm³/mol. The van der Waals surface area contributed by atoms with Gasteiger partial charge >= 0.3 is 0 Å². The Morgan fingerprint density at radius 1 is 1.18 bits per heavy atom. The van der Waals surface area contributed by atoms with Gasteiger partial charge in [0.1, 0.15) is 11.8 Å². The van der Waals surface area contributed by atoms with E-state index in [4.69, 9.17) is 5.73 Å². The van der Waals surface area contributed by atoms with E-state index in [9.17, 15) is 0 Å². The second kappa shape index (κ2) is 3.59. The van der Waals surface area contributed by atoms with Gasteiger partial charge < -0.3 is 5.73 Å². The summed E-state index contributed by atoms with van der Waals surface area (Å²) in [4.78, 5) is 8.67. The molecule has 17 heavy (non-hydrogen) atoms. The van der Waals surface area contributed by atoms with E-state index in [1.54, 1.807) is 12.5 Å². The summed E-state index contributed by atoms with van der Waals surface area (Å²) in [6.45, 7) is 2.05. The van der Waals surface area contributed by atoms with Gasteiger partial charge in [0.25, 0.3) is 0 Å². The summed E-state index contributed by atoms with van der Waals surface area (Å²) in [6.07, 6.45) is 3.54. The number of rotatable bonds is 1. The number of imidazole rings is 1. The second-order valence-corrected chi connectivity index (χ2v) is 4.01. The van der Waals surface area contributed by atoms with Crippen LogP contribution in [0.4, 0.5) is 5.69 Å². The number of nitrogen functional groups attached to an aromatic ring is 1. The lowest BCUT2D eigenvalue weighted by Crippen LogP contribution is -1.98. The first-order valence-electron chi connectivity index (χ1n) is 5.40. The Morgan fingerprint density at radius 2 is 2.06 bits per heavy atom. The van der Waals surface area contributed by atoms with Crippen molar-refractivity contribution in [2.75, 3.05) is 5.73 Å². The van der Waals surface area contributed by atoms with Crippen LogP contribution in [0.2, 0.25) is 0 Å². The highest BCUT2D eigenvalue weighted by molar-refractivity contribution is 5.73. The molecule has 0 amide bonds. The molecule has 3 rings (SSSR count). The van der Waals surface area contributed by atoms with Crippen LogP contribution >= 0.6 is 0 Å². The molecular weight excluding hydrogens is 212 g/mol. The van der Waals surface area contributed by atoms with Gasteiger partial charge in [0.2, 0.25) is 0 Å². The zero-order chi connectivity index (χ0) is 11.8. The Labute approximate surface area is 98.7 Å². The van der Waals surface area contributed by atoms with Crippen molar-refractivity contribution >= 4 is 16.9 Å². The molecular formula is C13H12N4. The maximum absolute atomic E-state index is 5.82. The molecule has 0 saturated heterocycles. The monoisotopic (exact) mass is 224 g/mol. The van der Waals surface area contributed by atoms with Crippen molar-refractivity contribution in [3.05, 3.63) is 48.4 Å². The molecule has 1 aromatic carbocycles. The van der Waals surface area contributed by atoms with Crippen molar-refractivity contribution in [2.24, 2.45) is 0 Å². The van der Waals surface area contributed by atoms with Gasteiger partial charge in [-0.3, -0.25) is 4.57 Å². The quantitative estimate of drug-likeness (QED) is 0.645.